The number of rotatable bonds is 5. The molecule has 1 N–H and O–H groups in total. The van der Waals surface area contributed by atoms with E-state index in [0.717, 1.165) is 24.2 Å². The number of aromatic nitrogens is 5. The molecule has 5 rings (SSSR count). The zero-order valence-corrected chi connectivity index (χ0v) is 15.1. The first-order valence-corrected chi connectivity index (χ1v) is 9.21. The van der Waals surface area contributed by atoms with Crippen LogP contribution in [0.15, 0.2) is 73.2 Å². The molecule has 1 aliphatic carbocycles. The van der Waals surface area contributed by atoms with Gasteiger partial charge in [0.1, 0.15) is 5.69 Å². The van der Waals surface area contributed by atoms with Crippen LogP contribution < -0.4 is 5.32 Å². The van der Waals surface area contributed by atoms with Crippen molar-refractivity contribution in [3.05, 3.63) is 84.6 Å². The van der Waals surface area contributed by atoms with E-state index in [0.29, 0.717) is 23.1 Å². The van der Waals surface area contributed by atoms with Gasteiger partial charge >= 0.3 is 0 Å². The van der Waals surface area contributed by atoms with Crippen molar-refractivity contribution in [2.24, 2.45) is 0 Å². The molecule has 1 aliphatic rings. The van der Waals surface area contributed by atoms with Crippen molar-refractivity contribution in [2.45, 2.75) is 18.8 Å². The lowest BCUT2D eigenvalue weighted by Crippen LogP contribution is -2.17. The summed E-state index contributed by atoms with van der Waals surface area (Å²) in [5.41, 5.74) is 2.98. The van der Waals surface area contributed by atoms with E-state index in [-0.39, 0.29) is 5.91 Å². The predicted octanol–water partition coefficient (Wildman–Crippen LogP) is 3.58. The lowest BCUT2D eigenvalue weighted by Gasteiger charge is -2.08. The number of pyridine rings is 1. The molecule has 1 amide bonds. The molecule has 28 heavy (non-hydrogen) atoms. The summed E-state index contributed by atoms with van der Waals surface area (Å²) in [6, 6.07) is 17.1. The zero-order chi connectivity index (χ0) is 18.9. The Kier molecular flexibility index (Phi) is 3.97. The molecule has 0 aliphatic heterocycles. The van der Waals surface area contributed by atoms with Gasteiger partial charge in [-0.2, -0.15) is 10.2 Å². The molecule has 0 spiro atoms. The summed E-state index contributed by atoms with van der Waals surface area (Å²) in [5.74, 6) is 0.941. The first-order valence-electron chi connectivity index (χ1n) is 9.21. The minimum Gasteiger partial charge on any atom is -0.319 e. The van der Waals surface area contributed by atoms with Crippen molar-refractivity contribution >= 4 is 11.6 Å². The second kappa shape index (κ2) is 6.77. The van der Waals surface area contributed by atoms with Gasteiger partial charge in [-0.1, -0.05) is 18.2 Å². The van der Waals surface area contributed by atoms with Crippen molar-refractivity contribution in [3.63, 3.8) is 0 Å². The number of para-hydroxylation sites is 1. The van der Waals surface area contributed by atoms with Crippen LogP contribution in [0.5, 0.6) is 0 Å². The lowest BCUT2D eigenvalue weighted by atomic mass is 10.2. The van der Waals surface area contributed by atoms with Gasteiger partial charge in [0.15, 0.2) is 5.82 Å². The quantitative estimate of drug-likeness (QED) is 0.582. The van der Waals surface area contributed by atoms with Gasteiger partial charge in [-0.25, -0.2) is 14.3 Å². The average Bonchev–Trinajstić information content (AvgIpc) is 3.26. The van der Waals surface area contributed by atoms with Crippen LogP contribution in [0.1, 0.15) is 34.9 Å². The van der Waals surface area contributed by atoms with E-state index in [1.165, 1.54) is 0 Å². The monoisotopic (exact) mass is 370 g/mol. The van der Waals surface area contributed by atoms with Crippen LogP contribution in [-0.4, -0.2) is 30.5 Å². The number of carbonyl (C=O) groups is 1. The molecule has 7 nitrogen and oxygen atoms in total. The second-order valence-corrected chi connectivity index (χ2v) is 6.79. The second-order valence-electron chi connectivity index (χ2n) is 6.79. The van der Waals surface area contributed by atoms with Crippen molar-refractivity contribution in [3.8, 4) is 11.5 Å². The average molecular weight is 370 g/mol. The third-order valence-electron chi connectivity index (χ3n) is 4.70. The largest absolute Gasteiger partial charge is 0.319 e. The van der Waals surface area contributed by atoms with Crippen molar-refractivity contribution in [1.82, 2.24) is 24.5 Å². The van der Waals surface area contributed by atoms with Crippen molar-refractivity contribution in [1.29, 1.82) is 0 Å². The highest BCUT2D eigenvalue weighted by atomic mass is 16.2. The molecule has 1 saturated carbocycles. The highest BCUT2D eigenvalue weighted by Crippen LogP contribution is 2.39. The molecular weight excluding hydrogens is 352 g/mol. The summed E-state index contributed by atoms with van der Waals surface area (Å²) in [6.45, 7) is 0. The molecular formula is C21H18N6O. The Bertz CT molecular complexity index is 1100. The number of hydrogen-bond acceptors (Lipinski definition) is 4. The van der Waals surface area contributed by atoms with Crippen LogP contribution in [0, 0.1) is 0 Å². The fraction of sp³-hybridized carbons (Fsp3) is 0.143. The van der Waals surface area contributed by atoms with Crippen LogP contribution in [0.4, 0.5) is 5.69 Å². The molecule has 3 heterocycles. The maximum absolute atomic E-state index is 13.0. The van der Waals surface area contributed by atoms with E-state index >= 15 is 0 Å². The van der Waals surface area contributed by atoms with Crippen molar-refractivity contribution < 1.29 is 4.79 Å². The standard InChI is InChI=1S/C21H18N6O/c28-21(24-16-9-10-20(22-14-16)26-12-4-11-23-26)19-13-18(15-7-8-15)25-27(19)17-5-2-1-3-6-17/h1-6,9-15H,7-8H2,(H,24,28). The Labute approximate surface area is 161 Å². The van der Waals surface area contributed by atoms with E-state index in [4.69, 9.17) is 0 Å². The number of hydrogen-bond donors (Lipinski definition) is 1. The Morgan fingerprint density at radius 1 is 1.07 bits per heavy atom. The van der Waals surface area contributed by atoms with E-state index < -0.39 is 0 Å². The summed E-state index contributed by atoms with van der Waals surface area (Å²) in [6.07, 6.45) is 7.40. The van der Waals surface area contributed by atoms with Crippen LogP contribution in [0.25, 0.3) is 11.5 Å². The van der Waals surface area contributed by atoms with Crippen LogP contribution >= 0.6 is 0 Å². The molecule has 1 aromatic carbocycles. The smallest absolute Gasteiger partial charge is 0.274 e. The van der Waals surface area contributed by atoms with Gasteiger partial charge in [0.05, 0.1) is 23.3 Å². The summed E-state index contributed by atoms with van der Waals surface area (Å²) in [5, 5.41) is 11.8. The molecule has 0 atom stereocenters. The molecule has 3 aromatic heterocycles. The predicted molar refractivity (Wildman–Crippen MR) is 105 cm³/mol. The van der Waals surface area contributed by atoms with Gasteiger partial charge in [0, 0.05) is 18.3 Å². The molecule has 4 aromatic rings. The van der Waals surface area contributed by atoms with E-state index in [1.807, 2.05) is 60.8 Å². The van der Waals surface area contributed by atoms with Gasteiger partial charge in [-0.15, -0.1) is 0 Å². The van der Waals surface area contributed by atoms with E-state index in [1.54, 1.807) is 21.8 Å². The van der Waals surface area contributed by atoms with Gasteiger partial charge < -0.3 is 5.32 Å². The van der Waals surface area contributed by atoms with Gasteiger partial charge in [-0.3, -0.25) is 4.79 Å². The Morgan fingerprint density at radius 2 is 1.93 bits per heavy atom. The highest BCUT2D eigenvalue weighted by Gasteiger charge is 2.29. The van der Waals surface area contributed by atoms with Crippen LogP contribution in [0.2, 0.25) is 0 Å². The summed E-state index contributed by atoms with van der Waals surface area (Å²) >= 11 is 0. The molecule has 0 unspecified atom stereocenters. The fourth-order valence-corrected chi connectivity index (χ4v) is 3.10. The van der Waals surface area contributed by atoms with Gasteiger partial charge in [0.2, 0.25) is 0 Å². The van der Waals surface area contributed by atoms with E-state index in [9.17, 15) is 4.79 Å². The molecule has 1 fully saturated rings. The summed E-state index contributed by atoms with van der Waals surface area (Å²) < 4.78 is 3.38. The number of nitrogens with one attached hydrogen (secondary N) is 1. The first kappa shape index (κ1) is 16.4. The summed E-state index contributed by atoms with van der Waals surface area (Å²) in [7, 11) is 0. The van der Waals surface area contributed by atoms with Crippen molar-refractivity contribution in [2.75, 3.05) is 5.32 Å². The fourth-order valence-electron chi connectivity index (χ4n) is 3.10. The molecule has 0 radical (unpaired) electrons. The minimum absolute atomic E-state index is 0.211. The summed E-state index contributed by atoms with van der Waals surface area (Å²) in [4.78, 5) is 17.3. The van der Waals surface area contributed by atoms with Crippen LogP contribution in [0.3, 0.4) is 0 Å². The minimum atomic E-state index is -0.211. The molecule has 7 heteroatoms. The SMILES string of the molecule is O=C(Nc1ccc(-n2cccn2)nc1)c1cc(C2CC2)nn1-c1ccccc1. The van der Waals surface area contributed by atoms with E-state index in [2.05, 4.69) is 20.5 Å². The number of anilines is 1. The maximum Gasteiger partial charge on any atom is 0.274 e. The number of carbonyl (C=O) groups excluding carboxylic acids is 1. The Hall–Kier alpha value is -3.74. The topological polar surface area (TPSA) is 77.6 Å². The maximum atomic E-state index is 13.0. The van der Waals surface area contributed by atoms with Gasteiger partial charge in [-0.05, 0) is 49.2 Å². The number of benzene rings is 1. The van der Waals surface area contributed by atoms with Gasteiger partial charge in [0.25, 0.3) is 5.91 Å². The highest BCUT2D eigenvalue weighted by molar-refractivity contribution is 6.03. The number of nitrogens with zero attached hydrogens (tertiary/aromatic N) is 5. The number of amides is 1. The molecule has 0 bridgehead atoms. The lowest BCUT2D eigenvalue weighted by molar-refractivity contribution is 0.101. The molecule has 138 valence electrons. The normalized spacial score (nSPS) is 13.4. The van der Waals surface area contributed by atoms with Crippen LogP contribution in [-0.2, 0) is 0 Å². The Balaban J connectivity index is 1.42. The first-order chi connectivity index (χ1) is 13.8. The third-order valence-corrected chi connectivity index (χ3v) is 4.70. The molecule has 0 saturated heterocycles. The Morgan fingerprint density at radius 3 is 2.61 bits per heavy atom. The zero-order valence-electron chi connectivity index (χ0n) is 15.1. The third kappa shape index (κ3) is 3.18.